The molecule has 1 saturated carbocycles. The Morgan fingerprint density at radius 2 is 1.65 bits per heavy atom. The number of anilines is 1. The molecule has 3 amide bonds. The van der Waals surface area contributed by atoms with Crippen molar-refractivity contribution in [3.63, 3.8) is 0 Å². The van der Waals surface area contributed by atoms with Crippen LogP contribution >= 0.6 is 0 Å². The van der Waals surface area contributed by atoms with Gasteiger partial charge in [-0.15, -0.1) is 0 Å². The van der Waals surface area contributed by atoms with Gasteiger partial charge in [-0.05, 0) is 92.8 Å². The maximum absolute atomic E-state index is 14.2. The number of aryl methyl sites for hydroxylation is 2. The van der Waals surface area contributed by atoms with E-state index in [0.29, 0.717) is 24.0 Å². The van der Waals surface area contributed by atoms with Gasteiger partial charge in [-0.25, -0.2) is 23.5 Å². The fourth-order valence-electron chi connectivity index (χ4n) is 9.20. The number of phenols is 1. The summed E-state index contributed by atoms with van der Waals surface area (Å²) in [5, 5.41) is 20.1. The number of halogens is 3. The van der Waals surface area contributed by atoms with Crippen molar-refractivity contribution in [3.8, 4) is 16.9 Å². The van der Waals surface area contributed by atoms with Crippen LogP contribution < -0.4 is 21.2 Å². The smallest absolute Gasteiger partial charge is 0.329 e. The summed E-state index contributed by atoms with van der Waals surface area (Å²) >= 11 is 0. The van der Waals surface area contributed by atoms with E-state index in [0.717, 1.165) is 104 Å². The van der Waals surface area contributed by atoms with E-state index in [-0.39, 0.29) is 36.5 Å². The molecule has 18 heteroatoms. The molecule has 0 bridgehead atoms. The lowest BCUT2D eigenvalue weighted by Crippen LogP contribution is -2.47. The van der Waals surface area contributed by atoms with Gasteiger partial charge in [-0.3, -0.25) is 38.4 Å². The van der Waals surface area contributed by atoms with Gasteiger partial charge in [0.25, 0.3) is 5.91 Å². The molecule has 5 heterocycles. The number of nitrogens with zero attached hydrogens (tertiary/aromatic N) is 8. The van der Waals surface area contributed by atoms with E-state index < -0.39 is 46.6 Å². The molecule has 0 unspecified atom stereocenters. The maximum Gasteiger partial charge on any atom is 0.329 e. The molecule has 0 spiro atoms. The van der Waals surface area contributed by atoms with Crippen molar-refractivity contribution in [1.29, 1.82) is 0 Å². The van der Waals surface area contributed by atoms with Crippen LogP contribution in [0.25, 0.3) is 33.1 Å². The molecular formula is C45H47F3N10O5. The van der Waals surface area contributed by atoms with Crippen molar-refractivity contribution in [1.82, 2.24) is 44.4 Å². The second-order valence-corrected chi connectivity index (χ2v) is 16.9. The van der Waals surface area contributed by atoms with Crippen LogP contribution in [-0.2, 0) is 23.1 Å². The zero-order chi connectivity index (χ0) is 43.9. The van der Waals surface area contributed by atoms with Gasteiger partial charge < -0.3 is 15.3 Å². The van der Waals surface area contributed by atoms with Crippen LogP contribution in [0.5, 0.6) is 5.75 Å². The Kier molecular flexibility index (Phi) is 11.5. The molecule has 2 saturated heterocycles. The Bertz CT molecular complexity index is 2790. The van der Waals surface area contributed by atoms with Crippen molar-refractivity contribution in [2.75, 3.05) is 44.2 Å². The quantitative estimate of drug-likeness (QED) is 0.117. The maximum atomic E-state index is 14.2. The van der Waals surface area contributed by atoms with E-state index in [9.17, 15) is 37.5 Å². The number of imidazole rings is 1. The summed E-state index contributed by atoms with van der Waals surface area (Å²) in [6, 6.07) is 12.0. The average Bonchev–Trinajstić information content (AvgIpc) is 3.83. The number of aromatic nitrogens is 6. The largest absolute Gasteiger partial charge is 0.503 e. The summed E-state index contributed by atoms with van der Waals surface area (Å²) < 4.78 is 46.7. The summed E-state index contributed by atoms with van der Waals surface area (Å²) in [7, 11) is 1.71. The van der Waals surface area contributed by atoms with Crippen molar-refractivity contribution in [2.24, 2.45) is 13.0 Å². The topological polar surface area (TPSA) is 173 Å². The second kappa shape index (κ2) is 17.3. The van der Waals surface area contributed by atoms with Gasteiger partial charge in [0, 0.05) is 75.7 Å². The molecule has 1 atom stereocenters. The predicted octanol–water partition coefficient (Wildman–Crippen LogP) is 5.16. The summed E-state index contributed by atoms with van der Waals surface area (Å²) in [5.41, 5.74) is 4.23. The molecule has 15 nitrogen and oxygen atoms in total. The summed E-state index contributed by atoms with van der Waals surface area (Å²) in [4.78, 5) is 63.9. The number of hydrogen-bond donors (Lipinski definition) is 3. The molecule has 2 aliphatic heterocycles. The van der Waals surface area contributed by atoms with E-state index in [4.69, 9.17) is 15.1 Å². The molecule has 1 aliphatic carbocycles. The number of piperazine rings is 1. The lowest BCUT2D eigenvalue weighted by molar-refractivity contribution is -0.135. The van der Waals surface area contributed by atoms with Crippen LogP contribution in [0.1, 0.15) is 73.0 Å². The SMILES string of the molecule is Cn1c(=O)n([C@@H]2CCC(=O)NC2=O)c2ccc(CCCN3CCN(c4ncc(-c5ccc6cn(C7CCC(CNC(=O)c8cc(F)c(O)c(F)c8F)CC7)nc6c5)cn4)CC3)cc21. The number of carbonyl (C=O) groups excluding carboxylic acids is 3. The standard InChI is InChI=1S/C45H47F3N10O5/c1-54-37-19-26(6-11-35(37)58(45(54)63)36-12-13-38(59)52-43(36)62)3-2-14-55-15-17-56(18-16-55)44-50-23-30(24-51-44)28-7-8-29-25-57(53-34(29)20-28)31-9-4-27(5-10-31)22-49-42(61)32-21-33(46)41(60)40(48)39(32)47/h6-8,11,19-21,23-25,27,31,36,60H,2-5,9-10,12-18,22H2,1H3,(H,49,61)(H,52,59,62)/t27?,31?,36-/m1/s1. The van der Waals surface area contributed by atoms with Gasteiger partial charge in [-0.1, -0.05) is 18.2 Å². The fourth-order valence-corrected chi connectivity index (χ4v) is 9.20. The van der Waals surface area contributed by atoms with Crippen molar-refractivity contribution in [2.45, 2.75) is 63.5 Å². The van der Waals surface area contributed by atoms with Gasteiger partial charge in [0.15, 0.2) is 17.4 Å². The zero-order valence-corrected chi connectivity index (χ0v) is 34.7. The van der Waals surface area contributed by atoms with Gasteiger partial charge in [0.05, 0.1) is 28.2 Å². The van der Waals surface area contributed by atoms with Crippen LogP contribution in [0.15, 0.2) is 65.8 Å². The van der Waals surface area contributed by atoms with E-state index >= 15 is 0 Å². The van der Waals surface area contributed by atoms with Crippen molar-refractivity contribution < 1.29 is 32.7 Å². The van der Waals surface area contributed by atoms with Crippen LogP contribution in [0.3, 0.4) is 0 Å². The first-order chi connectivity index (χ1) is 30.4. The normalized spacial score (nSPS) is 19.8. The second-order valence-electron chi connectivity index (χ2n) is 16.9. The number of rotatable bonds is 11. The van der Waals surface area contributed by atoms with Crippen LogP contribution in [0, 0.1) is 23.4 Å². The van der Waals surface area contributed by atoms with Gasteiger partial charge in [0.2, 0.25) is 23.6 Å². The molecule has 0 radical (unpaired) electrons. The number of benzene rings is 3. The van der Waals surface area contributed by atoms with Gasteiger partial charge >= 0.3 is 5.69 Å². The van der Waals surface area contributed by atoms with Crippen molar-refractivity contribution >= 4 is 45.6 Å². The molecule has 3 N–H and O–H groups in total. The Morgan fingerprint density at radius 1 is 0.889 bits per heavy atom. The lowest BCUT2D eigenvalue weighted by atomic mass is 9.86. The highest BCUT2D eigenvalue weighted by atomic mass is 19.2. The number of nitrogens with one attached hydrogen (secondary N) is 2. The Morgan fingerprint density at radius 3 is 2.40 bits per heavy atom. The number of imide groups is 1. The number of aromatic hydroxyl groups is 1. The van der Waals surface area contributed by atoms with Crippen LogP contribution in [0.2, 0.25) is 0 Å². The minimum absolute atomic E-state index is 0.110. The molecule has 3 aliphatic rings. The average molecular weight is 865 g/mol. The molecule has 6 aromatic rings. The number of phenolic OH excluding ortho intramolecular Hbond substituents is 1. The first kappa shape index (κ1) is 41.8. The highest BCUT2D eigenvalue weighted by Gasteiger charge is 2.32. The Balaban J connectivity index is 0.737. The van der Waals surface area contributed by atoms with E-state index in [1.165, 1.54) is 4.57 Å². The summed E-state index contributed by atoms with van der Waals surface area (Å²) in [6.45, 7) is 4.56. The molecule has 328 valence electrons. The fraction of sp³-hybridized carbons (Fsp3) is 0.400. The molecule has 3 aromatic carbocycles. The molecule has 9 rings (SSSR count). The van der Waals surface area contributed by atoms with Crippen LogP contribution in [0.4, 0.5) is 19.1 Å². The Hall–Kier alpha value is -6.56. The zero-order valence-electron chi connectivity index (χ0n) is 34.7. The number of carbonyl (C=O) groups is 3. The van der Waals surface area contributed by atoms with Gasteiger partial charge in [-0.2, -0.15) is 9.49 Å². The first-order valence-electron chi connectivity index (χ1n) is 21.4. The molecule has 3 fully saturated rings. The number of hydrogen-bond acceptors (Lipinski definition) is 10. The minimum Gasteiger partial charge on any atom is -0.503 e. The number of fused-ring (bicyclic) bond motifs is 2. The summed E-state index contributed by atoms with van der Waals surface area (Å²) in [6.07, 6.45) is 11.2. The van der Waals surface area contributed by atoms with E-state index in [1.54, 1.807) is 11.6 Å². The highest BCUT2D eigenvalue weighted by molar-refractivity contribution is 6.00. The number of amides is 3. The van der Waals surface area contributed by atoms with Crippen LogP contribution in [-0.4, -0.2) is 95.9 Å². The van der Waals surface area contributed by atoms with E-state index in [1.807, 2.05) is 59.7 Å². The third-order valence-electron chi connectivity index (χ3n) is 12.9. The molecular weight excluding hydrogens is 818 g/mol. The molecule has 63 heavy (non-hydrogen) atoms. The minimum atomic E-state index is -1.79. The Labute approximate surface area is 359 Å². The predicted molar refractivity (Wildman–Crippen MR) is 228 cm³/mol. The number of piperidine rings is 1. The van der Waals surface area contributed by atoms with E-state index in [2.05, 4.69) is 20.4 Å². The third kappa shape index (κ3) is 8.38. The first-order valence-corrected chi connectivity index (χ1v) is 21.4. The molecule has 3 aromatic heterocycles. The third-order valence-corrected chi connectivity index (χ3v) is 12.9. The monoisotopic (exact) mass is 864 g/mol. The lowest BCUT2D eigenvalue weighted by Gasteiger charge is -2.34. The highest BCUT2D eigenvalue weighted by Crippen LogP contribution is 2.34. The van der Waals surface area contributed by atoms with Crippen molar-refractivity contribution in [3.05, 3.63) is 100 Å². The van der Waals surface area contributed by atoms with Gasteiger partial charge in [0.1, 0.15) is 6.04 Å². The summed E-state index contributed by atoms with van der Waals surface area (Å²) in [5.74, 6) is -7.10.